The van der Waals surface area contributed by atoms with Crippen molar-refractivity contribution in [3.63, 3.8) is 0 Å². The number of esters is 2. The molecule has 0 rings (SSSR count). The molecule has 0 aliphatic rings. The molecule has 76 heavy (non-hydrogen) atoms. The lowest BCUT2D eigenvalue weighted by Gasteiger charge is -2.06. The van der Waals surface area contributed by atoms with Crippen LogP contribution in [0.2, 0.25) is 0 Å². The molecule has 0 saturated heterocycles. The highest BCUT2D eigenvalue weighted by atomic mass is 16.5. The summed E-state index contributed by atoms with van der Waals surface area (Å²) in [6.45, 7) is 12.7. The quantitative estimate of drug-likeness (QED) is 0.0346. The molecule has 0 aliphatic carbocycles. The van der Waals surface area contributed by atoms with Gasteiger partial charge in [0.1, 0.15) is 0 Å². The average molecular weight is 1070 g/mol. The van der Waals surface area contributed by atoms with Crippen LogP contribution in [-0.2, 0) is 19.1 Å². The Labute approximate surface area is 479 Å². The minimum atomic E-state index is 0.0196. The largest absolute Gasteiger partial charge is 0.466 e. The number of rotatable bonds is 63. The summed E-state index contributed by atoms with van der Waals surface area (Å²) in [5.74, 6) is 0.909. The van der Waals surface area contributed by atoms with Crippen molar-refractivity contribution in [2.75, 3.05) is 13.2 Å². The highest BCUT2D eigenvalue weighted by molar-refractivity contribution is 5.69. The Morgan fingerprint density at radius 3 is 0.697 bits per heavy atom. The molecule has 0 unspecified atom stereocenters. The zero-order valence-electron chi connectivity index (χ0n) is 52.9. The number of unbranched alkanes of at least 4 members (excludes halogenated alkanes) is 49. The number of allylic oxidation sites excluding steroid dienone is 4. The van der Waals surface area contributed by atoms with Gasteiger partial charge in [0.15, 0.2) is 0 Å². The first kappa shape index (κ1) is 76.5. The van der Waals surface area contributed by atoms with E-state index in [1.165, 1.54) is 334 Å². The Morgan fingerprint density at radius 1 is 0.263 bits per heavy atom. The molecular formula is C72H140O4. The highest BCUT2D eigenvalue weighted by Crippen LogP contribution is 2.18. The van der Waals surface area contributed by atoms with Gasteiger partial charge in [0.05, 0.1) is 13.2 Å². The van der Waals surface area contributed by atoms with Crippen LogP contribution >= 0.6 is 0 Å². The number of hydrogen-bond donors (Lipinski definition) is 0. The molecule has 4 heteroatoms. The van der Waals surface area contributed by atoms with Crippen molar-refractivity contribution in [3.05, 3.63) is 24.3 Å². The second kappa shape index (κ2) is 71.4. The van der Waals surface area contributed by atoms with E-state index in [1.54, 1.807) is 0 Å². The highest BCUT2D eigenvalue weighted by Gasteiger charge is 2.05. The van der Waals surface area contributed by atoms with Gasteiger partial charge < -0.3 is 9.47 Å². The van der Waals surface area contributed by atoms with Crippen LogP contribution in [0.15, 0.2) is 24.3 Å². The molecule has 0 spiro atoms. The summed E-state index contributed by atoms with van der Waals surface area (Å²) in [6, 6.07) is 0. The van der Waals surface area contributed by atoms with Gasteiger partial charge >= 0.3 is 11.9 Å². The lowest BCUT2D eigenvalue weighted by Crippen LogP contribution is -2.05. The third kappa shape index (κ3) is 74.5. The van der Waals surface area contributed by atoms with E-state index < -0.39 is 0 Å². The molecule has 0 saturated carbocycles. The van der Waals surface area contributed by atoms with E-state index >= 15 is 0 Å². The fourth-order valence-electron chi connectivity index (χ4n) is 10.4. The Balaban J connectivity index is 0. The predicted molar refractivity (Wildman–Crippen MR) is 340 cm³/mol. The molecule has 0 N–H and O–H groups in total. The van der Waals surface area contributed by atoms with Crippen LogP contribution in [-0.4, -0.2) is 25.2 Å². The summed E-state index contributed by atoms with van der Waals surface area (Å²) in [5.41, 5.74) is 0. The van der Waals surface area contributed by atoms with Gasteiger partial charge in [0.25, 0.3) is 0 Å². The van der Waals surface area contributed by atoms with Crippen molar-refractivity contribution in [2.24, 2.45) is 5.92 Å². The van der Waals surface area contributed by atoms with Crippen molar-refractivity contribution >= 4 is 11.9 Å². The average Bonchev–Trinajstić information content (AvgIpc) is 3.41. The van der Waals surface area contributed by atoms with E-state index in [-0.39, 0.29) is 11.9 Å². The van der Waals surface area contributed by atoms with Crippen LogP contribution in [0.3, 0.4) is 0 Å². The van der Waals surface area contributed by atoms with E-state index in [0.717, 1.165) is 31.6 Å². The predicted octanol–water partition coefficient (Wildman–Crippen LogP) is 25.5. The zero-order chi connectivity index (χ0) is 55.4. The molecule has 0 amide bonds. The summed E-state index contributed by atoms with van der Waals surface area (Å²) in [7, 11) is 0. The SMILES string of the molecule is CCCCCCCC/C=C\CCCCCCCCOC(=O)CCCCCCCCCCCCCCC(C)C.CCCCCCCC/C=C\CCCCCCCCOC(=O)CCCCCCCCCCCCCCCCC. The topological polar surface area (TPSA) is 52.6 Å². The summed E-state index contributed by atoms with van der Waals surface area (Å²) in [4.78, 5) is 23.8. The second-order valence-electron chi connectivity index (χ2n) is 24.2. The van der Waals surface area contributed by atoms with E-state index in [2.05, 4.69) is 58.9 Å². The maximum absolute atomic E-state index is 11.9. The van der Waals surface area contributed by atoms with Crippen molar-refractivity contribution in [1.82, 2.24) is 0 Å². The maximum Gasteiger partial charge on any atom is 0.305 e. The van der Waals surface area contributed by atoms with Gasteiger partial charge in [0, 0.05) is 12.8 Å². The van der Waals surface area contributed by atoms with Crippen LogP contribution in [0, 0.1) is 5.92 Å². The minimum absolute atomic E-state index is 0.0196. The van der Waals surface area contributed by atoms with Gasteiger partial charge in [0.2, 0.25) is 0 Å². The summed E-state index contributed by atoms with van der Waals surface area (Å²) < 4.78 is 10.9. The van der Waals surface area contributed by atoms with Gasteiger partial charge in [-0.2, -0.15) is 0 Å². The maximum atomic E-state index is 11.9. The van der Waals surface area contributed by atoms with Crippen LogP contribution in [0.25, 0.3) is 0 Å². The first-order chi connectivity index (χ1) is 37.5. The Bertz CT molecular complexity index is 1130. The van der Waals surface area contributed by atoms with Crippen LogP contribution < -0.4 is 0 Å². The van der Waals surface area contributed by atoms with Gasteiger partial charge in [-0.25, -0.2) is 0 Å². The minimum Gasteiger partial charge on any atom is -0.466 e. The van der Waals surface area contributed by atoms with Crippen molar-refractivity contribution in [1.29, 1.82) is 0 Å². The molecule has 0 heterocycles. The number of ether oxygens (including phenoxy) is 2. The molecule has 0 bridgehead atoms. The molecule has 0 atom stereocenters. The molecular weight excluding hydrogens is 929 g/mol. The van der Waals surface area contributed by atoms with Crippen LogP contribution in [0.1, 0.15) is 407 Å². The third-order valence-electron chi connectivity index (χ3n) is 15.7. The van der Waals surface area contributed by atoms with Crippen molar-refractivity contribution in [3.8, 4) is 0 Å². The molecule has 0 aliphatic heterocycles. The molecule has 0 aromatic rings. The molecule has 0 aromatic heterocycles. The van der Waals surface area contributed by atoms with Gasteiger partial charge in [-0.15, -0.1) is 0 Å². The van der Waals surface area contributed by atoms with E-state index in [0.29, 0.717) is 26.1 Å². The van der Waals surface area contributed by atoms with Gasteiger partial charge in [-0.1, -0.05) is 341 Å². The molecule has 0 fully saturated rings. The number of carbonyl (C=O) groups is 2. The Kier molecular flexibility index (Phi) is 71.9. The molecule has 4 nitrogen and oxygen atoms in total. The lowest BCUT2D eigenvalue weighted by molar-refractivity contribution is -0.144. The molecule has 452 valence electrons. The van der Waals surface area contributed by atoms with Crippen molar-refractivity contribution < 1.29 is 19.1 Å². The standard InChI is InChI=1S/2C36H70O2/c1-4-5-6-7-8-9-10-11-12-13-16-19-22-25-28-31-34-38-36(37)33-30-27-24-21-18-15-14-17-20-23-26-29-32-35(2)3;1-3-5-7-9-11-13-15-17-19-21-23-25-27-29-31-33-35-38-36(37)34-32-30-28-26-24-22-20-18-16-14-12-10-8-6-4-2/h11-12,35H,4-10,13-34H2,1-3H3;17,19H,3-16,18,20-35H2,1-2H3/b12-11-;19-17-. The third-order valence-corrected chi connectivity index (χ3v) is 15.7. The fourth-order valence-corrected chi connectivity index (χ4v) is 10.4. The summed E-state index contributed by atoms with van der Waals surface area (Å²) in [5, 5.41) is 0. The summed E-state index contributed by atoms with van der Waals surface area (Å²) in [6.07, 6.45) is 85.3. The van der Waals surface area contributed by atoms with Crippen LogP contribution in [0.4, 0.5) is 0 Å². The van der Waals surface area contributed by atoms with E-state index in [1.807, 2.05) is 0 Å². The van der Waals surface area contributed by atoms with E-state index in [9.17, 15) is 9.59 Å². The molecule has 0 radical (unpaired) electrons. The Morgan fingerprint density at radius 2 is 0.461 bits per heavy atom. The van der Waals surface area contributed by atoms with Gasteiger partial charge in [-0.05, 0) is 83.0 Å². The smallest absolute Gasteiger partial charge is 0.305 e. The Hall–Kier alpha value is -1.58. The summed E-state index contributed by atoms with van der Waals surface area (Å²) >= 11 is 0. The van der Waals surface area contributed by atoms with Crippen LogP contribution in [0.5, 0.6) is 0 Å². The first-order valence-electron chi connectivity index (χ1n) is 35.1. The monoisotopic (exact) mass is 1070 g/mol. The first-order valence-corrected chi connectivity index (χ1v) is 35.1. The van der Waals surface area contributed by atoms with E-state index in [4.69, 9.17) is 9.47 Å². The second-order valence-corrected chi connectivity index (χ2v) is 24.2. The van der Waals surface area contributed by atoms with Gasteiger partial charge in [-0.3, -0.25) is 9.59 Å². The fraction of sp³-hybridized carbons (Fsp3) is 0.917. The number of carbonyl (C=O) groups excluding carboxylic acids is 2. The van der Waals surface area contributed by atoms with Crippen molar-refractivity contribution in [2.45, 2.75) is 407 Å². The number of hydrogen-bond acceptors (Lipinski definition) is 4. The molecule has 0 aromatic carbocycles. The lowest BCUT2D eigenvalue weighted by atomic mass is 10.0. The zero-order valence-corrected chi connectivity index (χ0v) is 52.9. The normalized spacial score (nSPS) is 11.6.